The van der Waals surface area contributed by atoms with E-state index in [0.29, 0.717) is 36.6 Å². The molecule has 0 heterocycles. The van der Waals surface area contributed by atoms with Gasteiger partial charge in [0.05, 0.1) is 17.2 Å². The number of carbonyl (C=O) groups is 2. The average molecular weight is 311 g/mol. The molecule has 0 unspecified atom stereocenters. The predicted molar refractivity (Wildman–Crippen MR) is 80.5 cm³/mol. The van der Waals surface area contributed by atoms with E-state index in [0.717, 1.165) is 5.56 Å². The zero-order valence-corrected chi connectivity index (χ0v) is 12.9. The van der Waals surface area contributed by atoms with E-state index in [1.807, 2.05) is 13.0 Å². The number of methoxy groups -OCH3 is 1. The third-order valence-corrected chi connectivity index (χ3v) is 3.81. The van der Waals surface area contributed by atoms with Crippen LogP contribution in [0, 0.1) is 6.92 Å². The van der Waals surface area contributed by atoms with Crippen molar-refractivity contribution in [2.75, 3.05) is 20.3 Å². The van der Waals surface area contributed by atoms with E-state index in [9.17, 15) is 9.59 Å². The van der Waals surface area contributed by atoms with E-state index in [1.165, 1.54) is 0 Å². The van der Waals surface area contributed by atoms with Gasteiger partial charge in [0, 0.05) is 13.7 Å². The van der Waals surface area contributed by atoms with Gasteiger partial charge in [0.2, 0.25) is 5.91 Å². The van der Waals surface area contributed by atoms with E-state index in [2.05, 4.69) is 10.6 Å². The molecule has 1 aliphatic rings. The first-order valence-electron chi connectivity index (χ1n) is 6.84. The van der Waals surface area contributed by atoms with Gasteiger partial charge in [-0.2, -0.15) is 0 Å². The molecule has 1 aromatic rings. The van der Waals surface area contributed by atoms with Gasteiger partial charge >= 0.3 is 0 Å². The minimum absolute atomic E-state index is 0.170. The van der Waals surface area contributed by atoms with Crippen molar-refractivity contribution in [1.29, 1.82) is 0 Å². The summed E-state index contributed by atoms with van der Waals surface area (Å²) in [4.78, 5) is 24.4. The van der Waals surface area contributed by atoms with E-state index in [1.54, 1.807) is 19.2 Å². The highest BCUT2D eigenvalue weighted by molar-refractivity contribution is 6.34. The van der Waals surface area contributed by atoms with Gasteiger partial charge in [-0.25, -0.2) is 0 Å². The van der Waals surface area contributed by atoms with Gasteiger partial charge in [-0.15, -0.1) is 0 Å². The van der Waals surface area contributed by atoms with Gasteiger partial charge < -0.3 is 15.4 Å². The molecular formula is C15H19ClN2O3. The summed E-state index contributed by atoms with van der Waals surface area (Å²) in [5.41, 5.74) is 0.576. The van der Waals surface area contributed by atoms with Crippen molar-refractivity contribution < 1.29 is 14.3 Å². The summed E-state index contributed by atoms with van der Waals surface area (Å²) in [7, 11) is 1.57. The Kier molecular flexibility index (Phi) is 4.85. The minimum Gasteiger partial charge on any atom is -0.383 e. The van der Waals surface area contributed by atoms with Gasteiger partial charge in [-0.1, -0.05) is 17.7 Å². The molecule has 6 heteroatoms. The molecule has 1 saturated carbocycles. The normalized spacial score (nSPS) is 15.4. The van der Waals surface area contributed by atoms with Crippen molar-refractivity contribution in [2.24, 2.45) is 0 Å². The van der Waals surface area contributed by atoms with Crippen LogP contribution in [0.15, 0.2) is 18.2 Å². The maximum atomic E-state index is 12.3. The molecule has 21 heavy (non-hydrogen) atoms. The predicted octanol–water partition coefficient (Wildman–Crippen LogP) is 1.67. The molecule has 5 nitrogen and oxygen atoms in total. The largest absolute Gasteiger partial charge is 0.383 e. The number of ether oxygens (including phenoxy) is 1. The number of hydrogen-bond acceptors (Lipinski definition) is 3. The van der Waals surface area contributed by atoms with Crippen LogP contribution in [0.4, 0.5) is 0 Å². The molecule has 0 saturated heterocycles. The zero-order valence-electron chi connectivity index (χ0n) is 12.2. The van der Waals surface area contributed by atoms with Crippen LogP contribution in [0.2, 0.25) is 5.02 Å². The number of nitrogens with one attached hydrogen (secondary N) is 2. The van der Waals surface area contributed by atoms with Crippen molar-refractivity contribution in [1.82, 2.24) is 10.6 Å². The summed E-state index contributed by atoms with van der Waals surface area (Å²) < 4.78 is 4.88. The van der Waals surface area contributed by atoms with Crippen LogP contribution in [0.1, 0.15) is 28.8 Å². The van der Waals surface area contributed by atoms with E-state index < -0.39 is 5.54 Å². The van der Waals surface area contributed by atoms with Crippen LogP contribution in [-0.2, 0) is 9.53 Å². The Morgan fingerprint density at radius 3 is 2.67 bits per heavy atom. The Balaban J connectivity index is 2.00. The zero-order chi connectivity index (χ0) is 15.5. The Labute approximate surface area is 129 Å². The number of amides is 2. The van der Waals surface area contributed by atoms with Crippen LogP contribution >= 0.6 is 11.6 Å². The SMILES string of the molecule is COCCNC(=O)C1(NC(=O)c2ccc(C)cc2Cl)CC1. The summed E-state index contributed by atoms with van der Waals surface area (Å²) in [6.45, 7) is 2.77. The highest BCUT2D eigenvalue weighted by Crippen LogP contribution is 2.36. The molecule has 1 aliphatic carbocycles. The molecule has 0 spiro atoms. The number of rotatable bonds is 6. The fourth-order valence-electron chi connectivity index (χ4n) is 2.06. The molecule has 0 atom stereocenters. The number of aryl methyl sites for hydroxylation is 1. The molecule has 0 radical (unpaired) electrons. The summed E-state index contributed by atoms with van der Waals surface area (Å²) in [5, 5.41) is 5.94. The third-order valence-electron chi connectivity index (χ3n) is 3.50. The molecule has 114 valence electrons. The maximum Gasteiger partial charge on any atom is 0.253 e. The molecule has 2 N–H and O–H groups in total. The smallest absolute Gasteiger partial charge is 0.253 e. The minimum atomic E-state index is -0.793. The number of hydrogen-bond donors (Lipinski definition) is 2. The van der Waals surface area contributed by atoms with E-state index in [4.69, 9.17) is 16.3 Å². The Bertz CT molecular complexity index is 556. The van der Waals surface area contributed by atoms with Crippen LogP contribution in [0.5, 0.6) is 0 Å². The van der Waals surface area contributed by atoms with Gasteiger partial charge in [-0.05, 0) is 37.5 Å². The summed E-state index contributed by atoms with van der Waals surface area (Å²) in [5.74, 6) is -0.490. The van der Waals surface area contributed by atoms with Crippen LogP contribution in [-0.4, -0.2) is 37.6 Å². The molecular weight excluding hydrogens is 292 g/mol. The third kappa shape index (κ3) is 3.74. The van der Waals surface area contributed by atoms with Gasteiger partial charge in [0.15, 0.2) is 0 Å². The van der Waals surface area contributed by atoms with Gasteiger partial charge in [-0.3, -0.25) is 9.59 Å². The molecule has 0 aromatic heterocycles. The quantitative estimate of drug-likeness (QED) is 0.786. The van der Waals surface area contributed by atoms with Gasteiger partial charge in [0.25, 0.3) is 5.91 Å². The van der Waals surface area contributed by atoms with Crippen LogP contribution in [0.3, 0.4) is 0 Å². The van der Waals surface area contributed by atoms with Gasteiger partial charge in [0.1, 0.15) is 5.54 Å². The number of carbonyl (C=O) groups excluding carboxylic acids is 2. The molecule has 0 aliphatic heterocycles. The molecule has 1 aromatic carbocycles. The number of halogens is 1. The lowest BCUT2D eigenvalue weighted by molar-refractivity contribution is -0.124. The molecule has 2 amide bonds. The van der Waals surface area contributed by atoms with Crippen molar-refractivity contribution in [3.8, 4) is 0 Å². The monoisotopic (exact) mass is 310 g/mol. The lowest BCUT2D eigenvalue weighted by atomic mass is 10.1. The first-order valence-corrected chi connectivity index (χ1v) is 7.22. The summed E-state index contributed by atoms with van der Waals surface area (Å²) in [6, 6.07) is 5.22. The molecule has 1 fully saturated rings. The second kappa shape index (κ2) is 6.45. The lowest BCUT2D eigenvalue weighted by Gasteiger charge is -2.17. The second-order valence-corrected chi connectivity index (χ2v) is 5.68. The fraction of sp³-hybridized carbons (Fsp3) is 0.467. The Morgan fingerprint density at radius 2 is 2.10 bits per heavy atom. The first-order chi connectivity index (χ1) is 9.98. The fourth-order valence-corrected chi connectivity index (χ4v) is 2.38. The molecule has 0 bridgehead atoms. The van der Waals surface area contributed by atoms with Crippen molar-refractivity contribution in [2.45, 2.75) is 25.3 Å². The second-order valence-electron chi connectivity index (χ2n) is 5.27. The highest BCUT2D eigenvalue weighted by atomic mass is 35.5. The summed E-state index contributed by atoms with van der Waals surface area (Å²) >= 11 is 6.08. The molecule has 2 rings (SSSR count). The van der Waals surface area contributed by atoms with Crippen molar-refractivity contribution >= 4 is 23.4 Å². The average Bonchev–Trinajstić information content (AvgIpc) is 3.19. The van der Waals surface area contributed by atoms with Crippen LogP contribution in [0.25, 0.3) is 0 Å². The Hall–Kier alpha value is -1.59. The lowest BCUT2D eigenvalue weighted by Crippen LogP contribution is -2.49. The number of benzene rings is 1. The van der Waals surface area contributed by atoms with E-state index in [-0.39, 0.29) is 11.8 Å². The Morgan fingerprint density at radius 1 is 1.38 bits per heavy atom. The summed E-state index contributed by atoms with van der Waals surface area (Å²) in [6.07, 6.45) is 1.28. The van der Waals surface area contributed by atoms with Crippen molar-refractivity contribution in [3.63, 3.8) is 0 Å². The van der Waals surface area contributed by atoms with Crippen molar-refractivity contribution in [3.05, 3.63) is 34.3 Å². The maximum absolute atomic E-state index is 12.3. The van der Waals surface area contributed by atoms with Crippen LogP contribution < -0.4 is 10.6 Å². The highest BCUT2D eigenvalue weighted by Gasteiger charge is 2.51. The van der Waals surface area contributed by atoms with E-state index >= 15 is 0 Å². The first kappa shape index (κ1) is 15.8. The topological polar surface area (TPSA) is 67.4 Å². The standard InChI is InChI=1S/C15H19ClN2O3/c1-10-3-4-11(12(16)9-10)13(19)18-15(5-6-15)14(20)17-7-8-21-2/h3-4,9H,5-8H2,1-2H3,(H,17,20)(H,18,19).